The fraction of sp³-hybridized carbons (Fsp3) is 0.833. The van der Waals surface area contributed by atoms with Crippen LogP contribution in [0.5, 0.6) is 0 Å². The molecule has 2 aliphatic carbocycles. The van der Waals surface area contributed by atoms with Crippen molar-refractivity contribution in [1.82, 2.24) is 0 Å². The van der Waals surface area contributed by atoms with Gasteiger partial charge < -0.3 is 10.2 Å². The van der Waals surface area contributed by atoms with Crippen molar-refractivity contribution >= 4 is 0 Å². The Morgan fingerprint density at radius 1 is 0.643 bits per heavy atom. The van der Waals surface area contributed by atoms with Crippen LogP contribution < -0.4 is 0 Å². The molecule has 0 saturated heterocycles. The van der Waals surface area contributed by atoms with E-state index >= 15 is 0 Å². The molecule has 2 saturated carbocycles. The first-order chi connectivity index (χ1) is 6.75. The molecule has 0 heterocycles. The molecule has 0 aliphatic heterocycles. The van der Waals surface area contributed by atoms with E-state index in [0.29, 0.717) is 0 Å². The lowest BCUT2D eigenvalue weighted by Gasteiger charge is -2.26. The van der Waals surface area contributed by atoms with Gasteiger partial charge in [-0.05, 0) is 51.4 Å². The van der Waals surface area contributed by atoms with Gasteiger partial charge in [0.1, 0.15) is 0 Å². The van der Waals surface area contributed by atoms with Crippen molar-refractivity contribution < 1.29 is 10.2 Å². The van der Waals surface area contributed by atoms with Gasteiger partial charge in [0.2, 0.25) is 0 Å². The van der Waals surface area contributed by atoms with Gasteiger partial charge in [0.05, 0.1) is 12.2 Å². The molecule has 2 rings (SSSR count). The maximum absolute atomic E-state index is 9.40. The largest absolute Gasteiger partial charge is 0.393 e. The van der Waals surface area contributed by atoms with Gasteiger partial charge in [0.15, 0.2) is 0 Å². The van der Waals surface area contributed by atoms with E-state index in [1.807, 2.05) is 0 Å². The second-order valence-corrected chi connectivity index (χ2v) is 4.67. The lowest BCUT2D eigenvalue weighted by molar-refractivity contribution is 0.136. The van der Waals surface area contributed by atoms with Gasteiger partial charge in [-0.25, -0.2) is 0 Å². The van der Waals surface area contributed by atoms with Gasteiger partial charge in [-0.3, -0.25) is 0 Å². The molecular formula is C12H20O2. The molecule has 0 aromatic rings. The summed E-state index contributed by atoms with van der Waals surface area (Å²) in [7, 11) is 0. The van der Waals surface area contributed by atoms with E-state index in [1.54, 1.807) is 11.1 Å². The number of hydrogen-bond acceptors (Lipinski definition) is 2. The van der Waals surface area contributed by atoms with E-state index in [-0.39, 0.29) is 12.2 Å². The molecule has 14 heavy (non-hydrogen) atoms. The number of aliphatic hydroxyl groups excluding tert-OH is 2. The van der Waals surface area contributed by atoms with Crippen LogP contribution in [0.2, 0.25) is 0 Å². The second-order valence-electron chi connectivity index (χ2n) is 4.67. The van der Waals surface area contributed by atoms with Gasteiger partial charge in [-0.15, -0.1) is 0 Å². The number of rotatable bonds is 0. The van der Waals surface area contributed by atoms with E-state index in [9.17, 15) is 10.2 Å². The van der Waals surface area contributed by atoms with Crippen molar-refractivity contribution in [3.05, 3.63) is 11.1 Å². The van der Waals surface area contributed by atoms with Crippen molar-refractivity contribution in [3.8, 4) is 0 Å². The molecule has 0 bridgehead atoms. The summed E-state index contributed by atoms with van der Waals surface area (Å²) >= 11 is 0. The highest BCUT2D eigenvalue weighted by Gasteiger charge is 2.20. The van der Waals surface area contributed by atoms with E-state index in [0.717, 1.165) is 51.4 Å². The average molecular weight is 196 g/mol. The van der Waals surface area contributed by atoms with Crippen LogP contribution in [0.15, 0.2) is 11.1 Å². The Morgan fingerprint density at radius 3 is 1.21 bits per heavy atom. The predicted molar refractivity (Wildman–Crippen MR) is 56.0 cm³/mol. The van der Waals surface area contributed by atoms with E-state index < -0.39 is 0 Å². The summed E-state index contributed by atoms with van der Waals surface area (Å²) in [6, 6.07) is 0. The topological polar surface area (TPSA) is 40.5 Å². The van der Waals surface area contributed by atoms with Crippen molar-refractivity contribution in [2.75, 3.05) is 0 Å². The number of hydrogen-bond donors (Lipinski definition) is 2. The van der Waals surface area contributed by atoms with Gasteiger partial charge in [0, 0.05) is 0 Å². The van der Waals surface area contributed by atoms with Crippen molar-refractivity contribution in [2.45, 2.75) is 63.6 Å². The predicted octanol–water partition coefficient (Wildman–Crippen LogP) is 2.15. The molecule has 80 valence electrons. The molecule has 0 radical (unpaired) electrons. The first kappa shape index (κ1) is 10.2. The molecule has 2 fully saturated rings. The van der Waals surface area contributed by atoms with Crippen LogP contribution in [0.3, 0.4) is 0 Å². The first-order valence-electron chi connectivity index (χ1n) is 5.81. The standard InChI is InChI=1S/C12H20O2/c13-11-5-1-9(2-6-11)10-3-7-12(14)8-4-10/h11-14H,1-8H2. The van der Waals surface area contributed by atoms with Gasteiger partial charge >= 0.3 is 0 Å². The maximum atomic E-state index is 9.40. The average Bonchev–Trinajstić information content (AvgIpc) is 2.21. The SMILES string of the molecule is OC1CCC(=C2CCC(O)CC2)CC1. The lowest BCUT2D eigenvalue weighted by atomic mass is 9.83. The minimum Gasteiger partial charge on any atom is -0.393 e. The Labute approximate surface area is 85.6 Å². The van der Waals surface area contributed by atoms with E-state index in [2.05, 4.69) is 0 Å². The molecule has 0 aromatic heterocycles. The van der Waals surface area contributed by atoms with E-state index in [1.165, 1.54) is 0 Å². The minimum atomic E-state index is -0.0615. The highest BCUT2D eigenvalue weighted by atomic mass is 16.3. The number of aliphatic hydroxyl groups is 2. The zero-order valence-corrected chi connectivity index (χ0v) is 8.71. The molecule has 2 N–H and O–H groups in total. The molecule has 0 spiro atoms. The molecule has 0 atom stereocenters. The van der Waals surface area contributed by atoms with Gasteiger partial charge in [-0.2, -0.15) is 0 Å². The Hall–Kier alpha value is -0.340. The summed E-state index contributed by atoms with van der Waals surface area (Å²) in [6.07, 6.45) is 8.02. The molecule has 0 aromatic carbocycles. The fourth-order valence-corrected chi connectivity index (χ4v) is 2.61. The Bertz CT molecular complexity index is 188. The summed E-state index contributed by atoms with van der Waals surface area (Å²) < 4.78 is 0. The van der Waals surface area contributed by atoms with Crippen molar-refractivity contribution in [3.63, 3.8) is 0 Å². The quantitative estimate of drug-likeness (QED) is 0.583. The van der Waals surface area contributed by atoms with Crippen LogP contribution in [0.1, 0.15) is 51.4 Å². The molecule has 2 heteroatoms. The summed E-state index contributed by atoms with van der Waals surface area (Å²) in [5.74, 6) is 0. The van der Waals surface area contributed by atoms with Crippen molar-refractivity contribution in [2.24, 2.45) is 0 Å². The summed E-state index contributed by atoms with van der Waals surface area (Å²) in [5.41, 5.74) is 3.17. The van der Waals surface area contributed by atoms with Crippen LogP contribution in [0.25, 0.3) is 0 Å². The molecule has 2 nitrogen and oxygen atoms in total. The maximum Gasteiger partial charge on any atom is 0.0546 e. The van der Waals surface area contributed by atoms with Crippen LogP contribution >= 0.6 is 0 Å². The van der Waals surface area contributed by atoms with Gasteiger partial charge in [0.25, 0.3) is 0 Å². The Balaban J connectivity index is 1.95. The van der Waals surface area contributed by atoms with E-state index in [4.69, 9.17) is 0 Å². The Morgan fingerprint density at radius 2 is 0.929 bits per heavy atom. The highest BCUT2D eigenvalue weighted by molar-refractivity contribution is 5.18. The minimum absolute atomic E-state index is 0.0615. The van der Waals surface area contributed by atoms with Crippen LogP contribution in [0, 0.1) is 0 Å². The zero-order chi connectivity index (χ0) is 9.97. The van der Waals surface area contributed by atoms with Gasteiger partial charge in [-0.1, -0.05) is 11.1 Å². The lowest BCUT2D eigenvalue weighted by Crippen LogP contribution is -2.17. The third-order valence-electron chi connectivity index (χ3n) is 3.62. The molecule has 2 aliphatic rings. The highest BCUT2D eigenvalue weighted by Crippen LogP contribution is 2.33. The summed E-state index contributed by atoms with van der Waals surface area (Å²) in [4.78, 5) is 0. The van der Waals surface area contributed by atoms with Crippen molar-refractivity contribution in [1.29, 1.82) is 0 Å². The smallest absolute Gasteiger partial charge is 0.0546 e. The first-order valence-corrected chi connectivity index (χ1v) is 5.81. The zero-order valence-electron chi connectivity index (χ0n) is 8.71. The monoisotopic (exact) mass is 196 g/mol. The molecular weight excluding hydrogens is 176 g/mol. The van der Waals surface area contributed by atoms with Crippen LogP contribution in [-0.2, 0) is 0 Å². The number of allylic oxidation sites excluding steroid dienone is 2. The second kappa shape index (κ2) is 4.45. The van der Waals surface area contributed by atoms with Crippen LogP contribution in [0.4, 0.5) is 0 Å². The molecule has 0 unspecified atom stereocenters. The summed E-state index contributed by atoms with van der Waals surface area (Å²) in [6.45, 7) is 0. The third kappa shape index (κ3) is 2.37. The third-order valence-corrected chi connectivity index (χ3v) is 3.62. The summed E-state index contributed by atoms with van der Waals surface area (Å²) in [5, 5.41) is 18.8. The fourth-order valence-electron chi connectivity index (χ4n) is 2.61. The molecule has 0 amide bonds. The van der Waals surface area contributed by atoms with Crippen LogP contribution in [-0.4, -0.2) is 22.4 Å². The normalized spacial score (nSPS) is 34.7. The Kier molecular flexibility index (Phi) is 3.24.